The van der Waals surface area contributed by atoms with Crippen molar-refractivity contribution in [1.82, 2.24) is 0 Å². The van der Waals surface area contributed by atoms with Gasteiger partial charge in [-0.25, -0.2) is 0 Å². The molecule has 0 spiro atoms. The summed E-state index contributed by atoms with van der Waals surface area (Å²) < 4.78 is 10.6. The van der Waals surface area contributed by atoms with Crippen LogP contribution in [0.5, 0.6) is 0 Å². The van der Waals surface area contributed by atoms with Gasteiger partial charge in [0, 0.05) is 6.42 Å². The average molecular weight is 340 g/mol. The first-order valence-electron chi connectivity index (χ1n) is 8.50. The van der Waals surface area contributed by atoms with E-state index in [1.165, 1.54) is 0 Å². The van der Waals surface area contributed by atoms with Gasteiger partial charge in [-0.15, -0.1) is 0 Å². The van der Waals surface area contributed by atoms with E-state index in [4.69, 9.17) is 9.47 Å². The monoisotopic (exact) mass is 340 g/mol. The minimum absolute atomic E-state index is 0.189. The lowest BCUT2D eigenvalue weighted by Crippen LogP contribution is -2.48. The summed E-state index contributed by atoms with van der Waals surface area (Å²) in [7, 11) is 0. The Hall–Kier alpha value is -2.62. The van der Waals surface area contributed by atoms with Crippen molar-refractivity contribution in [3.05, 3.63) is 71.3 Å². The Morgan fingerprint density at radius 1 is 0.880 bits per heavy atom. The van der Waals surface area contributed by atoms with Crippen molar-refractivity contribution in [3.63, 3.8) is 0 Å². The maximum Gasteiger partial charge on any atom is 0.328 e. The lowest BCUT2D eigenvalue weighted by atomic mass is 9.75. The molecular weight excluding hydrogens is 316 g/mol. The molecule has 0 bridgehead atoms. The molecule has 2 aromatic carbocycles. The molecule has 0 aliphatic heterocycles. The van der Waals surface area contributed by atoms with Gasteiger partial charge in [0.15, 0.2) is 5.41 Å². The maximum atomic E-state index is 13.0. The van der Waals surface area contributed by atoms with Crippen LogP contribution in [0.2, 0.25) is 0 Å². The highest BCUT2D eigenvalue weighted by atomic mass is 16.6. The minimum Gasteiger partial charge on any atom is -0.465 e. The van der Waals surface area contributed by atoms with Crippen molar-refractivity contribution >= 4 is 11.9 Å². The molecule has 0 unspecified atom stereocenters. The SMILES string of the molecule is CCOC(=O)C(Cc1ccccc1)(C(=O)OCC)c1cccc(C)c1. The van der Waals surface area contributed by atoms with Gasteiger partial charge in [0.2, 0.25) is 0 Å². The van der Waals surface area contributed by atoms with Crippen LogP contribution in [0, 0.1) is 6.92 Å². The standard InChI is InChI=1S/C21H24O4/c1-4-24-19(22)21(20(23)25-5-2,15-17-11-7-6-8-12-17)18-13-9-10-16(3)14-18/h6-14H,4-5,15H2,1-3H3. The number of aryl methyl sites for hydroxylation is 1. The molecule has 2 aromatic rings. The van der Waals surface area contributed by atoms with Crippen molar-refractivity contribution in [1.29, 1.82) is 0 Å². The summed E-state index contributed by atoms with van der Waals surface area (Å²) in [6, 6.07) is 16.8. The number of ether oxygens (including phenoxy) is 2. The van der Waals surface area contributed by atoms with Gasteiger partial charge in [0.1, 0.15) is 0 Å². The number of hydrogen-bond donors (Lipinski definition) is 0. The van der Waals surface area contributed by atoms with Crippen molar-refractivity contribution in [3.8, 4) is 0 Å². The molecule has 0 radical (unpaired) electrons. The molecule has 0 aliphatic carbocycles. The van der Waals surface area contributed by atoms with E-state index >= 15 is 0 Å². The predicted molar refractivity (Wildman–Crippen MR) is 96.3 cm³/mol. The Kier molecular flexibility index (Phi) is 6.34. The Labute approximate surface area is 148 Å². The summed E-state index contributed by atoms with van der Waals surface area (Å²) in [4.78, 5) is 25.9. The van der Waals surface area contributed by atoms with Gasteiger partial charge in [0.05, 0.1) is 13.2 Å². The van der Waals surface area contributed by atoms with Crippen LogP contribution in [0.25, 0.3) is 0 Å². The molecule has 25 heavy (non-hydrogen) atoms. The normalized spacial score (nSPS) is 11.0. The van der Waals surface area contributed by atoms with Gasteiger partial charge < -0.3 is 9.47 Å². The predicted octanol–water partition coefficient (Wildman–Crippen LogP) is 3.60. The van der Waals surface area contributed by atoms with E-state index in [9.17, 15) is 9.59 Å². The second-order valence-corrected chi connectivity index (χ2v) is 5.88. The van der Waals surface area contributed by atoms with Crippen LogP contribution in [0.4, 0.5) is 0 Å². The zero-order chi connectivity index (χ0) is 18.3. The lowest BCUT2D eigenvalue weighted by Gasteiger charge is -2.30. The van der Waals surface area contributed by atoms with Crippen LogP contribution in [-0.2, 0) is 30.9 Å². The van der Waals surface area contributed by atoms with E-state index in [0.717, 1.165) is 11.1 Å². The zero-order valence-electron chi connectivity index (χ0n) is 15.0. The third-order valence-electron chi connectivity index (χ3n) is 4.07. The van der Waals surface area contributed by atoms with Crippen LogP contribution >= 0.6 is 0 Å². The van der Waals surface area contributed by atoms with Crippen LogP contribution in [0.1, 0.15) is 30.5 Å². The molecule has 0 saturated heterocycles. The molecule has 0 saturated carbocycles. The second-order valence-electron chi connectivity index (χ2n) is 5.88. The topological polar surface area (TPSA) is 52.6 Å². The largest absolute Gasteiger partial charge is 0.465 e. The van der Waals surface area contributed by atoms with E-state index in [0.29, 0.717) is 5.56 Å². The fraction of sp³-hybridized carbons (Fsp3) is 0.333. The van der Waals surface area contributed by atoms with Gasteiger partial charge in [-0.3, -0.25) is 9.59 Å². The molecule has 0 heterocycles. The molecule has 0 aromatic heterocycles. The van der Waals surface area contributed by atoms with Crippen molar-refractivity contribution in [2.24, 2.45) is 0 Å². The van der Waals surface area contributed by atoms with Crippen LogP contribution in [0.15, 0.2) is 54.6 Å². The molecule has 0 amide bonds. The quantitative estimate of drug-likeness (QED) is 0.571. The summed E-state index contributed by atoms with van der Waals surface area (Å²) in [5.41, 5.74) is 0.904. The smallest absolute Gasteiger partial charge is 0.328 e. The highest BCUT2D eigenvalue weighted by Gasteiger charge is 2.50. The first kappa shape index (κ1) is 18.7. The van der Waals surface area contributed by atoms with E-state index < -0.39 is 17.4 Å². The fourth-order valence-electron chi connectivity index (χ4n) is 2.89. The summed E-state index contributed by atoms with van der Waals surface area (Å²) in [6.45, 7) is 5.77. The number of esters is 2. The Balaban J connectivity index is 2.63. The average Bonchev–Trinajstić information content (AvgIpc) is 2.61. The maximum absolute atomic E-state index is 13.0. The molecule has 2 rings (SSSR count). The van der Waals surface area contributed by atoms with E-state index in [1.54, 1.807) is 19.9 Å². The summed E-state index contributed by atoms with van der Waals surface area (Å²) >= 11 is 0. The Bertz CT molecular complexity index is 704. The summed E-state index contributed by atoms with van der Waals surface area (Å²) in [6.07, 6.45) is 0.189. The molecule has 4 heteroatoms. The van der Waals surface area contributed by atoms with Crippen LogP contribution in [0.3, 0.4) is 0 Å². The lowest BCUT2D eigenvalue weighted by molar-refractivity contribution is -0.164. The van der Waals surface area contributed by atoms with Gasteiger partial charge >= 0.3 is 11.9 Å². The number of carbonyl (C=O) groups is 2. The second kappa shape index (κ2) is 8.47. The number of benzene rings is 2. The third kappa shape index (κ3) is 4.08. The first-order valence-corrected chi connectivity index (χ1v) is 8.50. The summed E-state index contributed by atoms with van der Waals surface area (Å²) in [5, 5.41) is 0. The number of rotatable bonds is 7. The van der Waals surface area contributed by atoms with Gasteiger partial charge in [0.25, 0.3) is 0 Å². The first-order chi connectivity index (χ1) is 12.0. The molecular formula is C21H24O4. The molecule has 132 valence electrons. The van der Waals surface area contributed by atoms with Crippen molar-refractivity contribution in [2.45, 2.75) is 32.6 Å². The molecule has 0 atom stereocenters. The van der Waals surface area contributed by atoms with Gasteiger partial charge in [-0.05, 0) is 31.9 Å². The van der Waals surface area contributed by atoms with Crippen molar-refractivity contribution in [2.75, 3.05) is 13.2 Å². The molecule has 0 N–H and O–H groups in total. The Morgan fingerprint density at radius 3 is 2.00 bits per heavy atom. The van der Waals surface area contributed by atoms with Crippen molar-refractivity contribution < 1.29 is 19.1 Å². The van der Waals surface area contributed by atoms with Crippen LogP contribution < -0.4 is 0 Å². The highest BCUT2D eigenvalue weighted by molar-refractivity contribution is 6.06. The van der Waals surface area contributed by atoms with Gasteiger partial charge in [-0.1, -0.05) is 60.2 Å². The molecule has 4 nitrogen and oxygen atoms in total. The zero-order valence-corrected chi connectivity index (χ0v) is 15.0. The van der Waals surface area contributed by atoms with Gasteiger partial charge in [-0.2, -0.15) is 0 Å². The highest BCUT2D eigenvalue weighted by Crippen LogP contribution is 2.33. The van der Waals surface area contributed by atoms with E-state index in [-0.39, 0.29) is 19.6 Å². The summed E-state index contributed by atoms with van der Waals surface area (Å²) in [5.74, 6) is -1.16. The van der Waals surface area contributed by atoms with Crippen LogP contribution in [-0.4, -0.2) is 25.2 Å². The fourth-order valence-corrected chi connectivity index (χ4v) is 2.89. The number of hydrogen-bond acceptors (Lipinski definition) is 4. The van der Waals surface area contributed by atoms with E-state index in [1.807, 2.05) is 55.5 Å². The molecule has 0 fully saturated rings. The number of carbonyl (C=O) groups excluding carboxylic acids is 2. The molecule has 0 aliphatic rings. The van der Waals surface area contributed by atoms with E-state index in [2.05, 4.69) is 0 Å². The third-order valence-corrected chi connectivity index (χ3v) is 4.07. The minimum atomic E-state index is -1.51. The Morgan fingerprint density at radius 2 is 1.48 bits per heavy atom.